The summed E-state index contributed by atoms with van der Waals surface area (Å²) < 4.78 is 0. The Bertz CT molecular complexity index is 391. The van der Waals surface area contributed by atoms with Crippen LogP contribution < -0.4 is 5.32 Å². The molecule has 1 aliphatic rings. The first kappa shape index (κ1) is 11.0. The van der Waals surface area contributed by atoms with Crippen molar-refractivity contribution < 1.29 is 4.79 Å². The van der Waals surface area contributed by atoms with E-state index in [1.807, 2.05) is 25.7 Å². The van der Waals surface area contributed by atoms with Gasteiger partial charge >= 0.3 is 6.03 Å². The van der Waals surface area contributed by atoms with Crippen molar-refractivity contribution in [2.75, 3.05) is 6.54 Å². The highest BCUT2D eigenvalue weighted by Gasteiger charge is 2.24. The van der Waals surface area contributed by atoms with E-state index in [0.29, 0.717) is 6.54 Å². The van der Waals surface area contributed by atoms with Crippen molar-refractivity contribution in [2.45, 2.75) is 39.3 Å². The SMILES string of the molecule is CC(C)(C)NC(=O)N1CCc2nc[nH]c2C1. The van der Waals surface area contributed by atoms with Gasteiger partial charge in [-0.3, -0.25) is 0 Å². The molecule has 0 bridgehead atoms. The molecule has 16 heavy (non-hydrogen) atoms. The van der Waals surface area contributed by atoms with Crippen molar-refractivity contribution in [1.29, 1.82) is 0 Å². The Hall–Kier alpha value is -1.52. The molecule has 2 rings (SSSR count). The maximum atomic E-state index is 11.9. The predicted molar refractivity (Wildman–Crippen MR) is 61.0 cm³/mol. The number of H-pyrrole nitrogens is 1. The first-order valence-corrected chi connectivity index (χ1v) is 5.54. The number of aromatic nitrogens is 2. The zero-order valence-electron chi connectivity index (χ0n) is 10.0. The molecule has 0 spiro atoms. The van der Waals surface area contributed by atoms with E-state index in [1.54, 1.807) is 6.33 Å². The molecule has 88 valence electrons. The third kappa shape index (κ3) is 2.35. The van der Waals surface area contributed by atoms with Gasteiger partial charge in [0.05, 0.1) is 24.3 Å². The molecule has 0 saturated carbocycles. The number of amides is 2. The van der Waals surface area contributed by atoms with Gasteiger partial charge in [-0.05, 0) is 20.8 Å². The molecular formula is C11H18N4O. The molecule has 0 atom stereocenters. The van der Waals surface area contributed by atoms with Gasteiger partial charge in [0.1, 0.15) is 0 Å². The fraction of sp³-hybridized carbons (Fsp3) is 0.636. The number of urea groups is 1. The molecule has 2 heterocycles. The number of carbonyl (C=O) groups is 1. The van der Waals surface area contributed by atoms with Crippen LogP contribution in [0.25, 0.3) is 0 Å². The van der Waals surface area contributed by atoms with E-state index in [1.165, 1.54) is 0 Å². The number of nitrogens with zero attached hydrogens (tertiary/aromatic N) is 2. The maximum absolute atomic E-state index is 11.9. The van der Waals surface area contributed by atoms with Crippen molar-refractivity contribution in [2.24, 2.45) is 0 Å². The smallest absolute Gasteiger partial charge is 0.318 e. The number of aromatic amines is 1. The molecule has 1 aromatic heterocycles. The van der Waals surface area contributed by atoms with Crippen LogP contribution in [0.4, 0.5) is 4.79 Å². The van der Waals surface area contributed by atoms with Gasteiger partial charge in [0, 0.05) is 18.5 Å². The van der Waals surface area contributed by atoms with Gasteiger partial charge in [-0.1, -0.05) is 0 Å². The lowest BCUT2D eigenvalue weighted by molar-refractivity contribution is 0.182. The summed E-state index contributed by atoms with van der Waals surface area (Å²) in [6.45, 7) is 7.31. The minimum Gasteiger partial charge on any atom is -0.347 e. The van der Waals surface area contributed by atoms with E-state index in [-0.39, 0.29) is 11.6 Å². The van der Waals surface area contributed by atoms with Crippen LogP contribution in [-0.4, -0.2) is 33.0 Å². The van der Waals surface area contributed by atoms with Gasteiger partial charge in [0.15, 0.2) is 0 Å². The Morgan fingerprint density at radius 2 is 2.31 bits per heavy atom. The van der Waals surface area contributed by atoms with Crippen molar-refractivity contribution in [3.63, 3.8) is 0 Å². The number of rotatable bonds is 0. The molecule has 5 heteroatoms. The average Bonchev–Trinajstić information content (AvgIpc) is 2.61. The zero-order chi connectivity index (χ0) is 11.8. The Morgan fingerprint density at radius 3 is 3.00 bits per heavy atom. The number of nitrogens with one attached hydrogen (secondary N) is 2. The minimum atomic E-state index is -0.189. The maximum Gasteiger partial charge on any atom is 0.318 e. The van der Waals surface area contributed by atoms with Crippen molar-refractivity contribution >= 4 is 6.03 Å². The standard InChI is InChI=1S/C11H18N4O/c1-11(2,3)14-10(16)15-5-4-8-9(6-15)13-7-12-8/h7H,4-6H2,1-3H3,(H,12,13)(H,14,16). The van der Waals surface area contributed by atoms with Gasteiger partial charge in [0.2, 0.25) is 0 Å². The fourth-order valence-electron chi connectivity index (χ4n) is 1.79. The number of fused-ring (bicyclic) bond motifs is 1. The number of hydrogen-bond acceptors (Lipinski definition) is 2. The van der Waals surface area contributed by atoms with Crippen LogP contribution in [0.15, 0.2) is 6.33 Å². The topological polar surface area (TPSA) is 61.0 Å². The van der Waals surface area contributed by atoms with E-state index < -0.39 is 0 Å². The third-order valence-electron chi connectivity index (χ3n) is 2.54. The average molecular weight is 222 g/mol. The molecule has 1 aliphatic heterocycles. The summed E-state index contributed by atoms with van der Waals surface area (Å²) in [6, 6.07) is -0.00671. The lowest BCUT2D eigenvalue weighted by Crippen LogP contribution is -2.49. The van der Waals surface area contributed by atoms with E-state index in [9.17, 15) is 4.79 Å². The van der Waals surface area contributed by atoms with Crippen LogP contribution in [-0.2, 0) is 13.0 Å². The Morgan fingerprint density at radius 1 is 1.56 bits per heavy atom. The number of hydrogen-bond donors (Lipinski definition) is 2. The lowest BCUT2D eigenvalue weighted by Gasteiger charge is -2.30. The highest BCUT2D eigenvalue weighted by Crippen LogP contribution is 2.15. The summed E-state index contributed by atoms with van der Waals surface area (Å²) in [5, 5.41) is 2.96. The third-order valence-corrected chi connectivity index (χ3v) is 2.54. The summed E-state index contributed by atoms with van der Waals surface area (Å²) >= 11 is 0. The monoisotopic (exact) mass is 222 g/mol. The Labute approximate surface area is 95.2 Å². The van der Waals surface area contributed by atoms with E-state index in [0.717, 1.165) is 24.4 Å². The second kappa shape index (κ2) is 3.81. The molecule has 0 unspecified atom stereocenters. The second-order valence-corrected chi connectivity index (χ2v) is 5.18. The Kier molecular flexibility index (Phi) is 2.61. The van der Waals surface area contributed by atoms with E-state index >= 15 is 0 Å². The van der Waals surface area contributed by atoms with E-state index in [4.69, 9.17) is 0 Å². The molecule has 2 amide bonds. The molecule has 0 aromatic carbocycles. The van der Waals surface area contributed by atoms with Crippen molar-refractivity contribution in [1.82, 2.24) is 20.2 Å². The fourth-order valence-corrected chi connectivity index (χ4v) is 1.79. The van der Waals surface area contributed by atoms with Crippen molar-refractivity contribution in [3.05, 3.63) is 17.7 Å². The van der Waals surface area contributed by atoms with Gasteiger partial charge < -0.3 is 15.2 Å². The van der Waals surface area contributed by atoms with Crippen LogP contribution in [0.2, 0.25) is 0 Å². The molecule has 5 nitrogen and oxygen atoms in total. The van der Waals surface area contributed by atoms with Gasteiger partial charge in [-0.2, -0.15) is 0 Å². The molecular weight excluding hydrogens is 204 g/mol. The molecule has 0 aliphatic carbocycles. The summed E-state index contributed by atoms with van der Waals surface area (Å²) in [6.07, 6.45) is 2.52. The van der Waals surface area contributed by atoms with Crippen molar-refractivity contribution in [3.8, 4) is 0 Å². The minimum absolute atomic E-state index is 0.00671. The first-order chi connectivity index (χ1) is 7.46. The van der Waals surface area contributed by atoms with Crippen LogP contribution >= 0.6 is 0 Å². The van der Waals surface area contributed by atoms with Gasteiger partial charge in [0.25, 0.3) is 0 Å². The molecule has 2 N–H and O–H groups in total. The quantitative estimate of drug-likeness (QED) is 0.694. The van der Waals surface area contributed by atoms with Crippen LogP contribution in [0.1, 0.15) is 32.2 Å². The van der Waals surface area contributed by atoms with Crippen LogP contribution in [0.3, 0.4) is 0 Å². The molecule has 0 fully saturated rings. The van der Waals surface area contributed by atoms with Crippen LogP contribution in [0.5, 0.6) is 0 Å². The second-order valence-electron chi connectivity index (χ2n) is 5.18. The zero-order valence-corrected chi connectivity index (χ0v) is 10.0. The largest absolute Gasteiger partial charge is 0.347 e. The summed E-state index contributed by atoms with van der Waals surface area (Å²) in [4.78, 5) is 21.0. The Balaban J connectivity index is 2.01. The lowest BCUT2D eigenvalue weighted by atomic mass is 10.1. The summed E-state index contributed by atoms with van der Waals surface area (Å²) in [5.41, 5.74) is 1.95. The van der Waals surface area contributed by atoms with Crippen LogP contribution in [0, 0.1) is 0 Å². The highest BCUT2D eigenvalue weighted by atomic mass is 16.2. The first-order valence-electron chi connectivity index (χ1n) is 5.54. The number of carbonyl (C=O) groups excluding carboxylic acids is 1. The van der Waals surface area contributed by atoms with Gasteiger partial charge in [-0.15, -0.1) is 0 Å². The molecule has 0 radical (unpaired) electrons. The molecule has 0 saturated heterocycles. The number of imidazole rings is 1. The van der Waals surface area contributed by atoms with E-state index in [2.05, 4.69) is 15.3 Å². The highest BCUT2D eigenvalue weighted by molar-refractivity contribution is 5.75. The summed E-state index contributed by atoms with van der Waals surface area (Å²) in [7, 11) is 0. The summed E-state index contributed by atoms with van der Waals surface area (Å²) in [5.74, 6) is 0. The molecule has 1 aromatic rings. The normalized spacial score (nSPS) is 15.8. The predicted octanol–water partition coefficient (Wildman–Crippen LogP) is 1.28. The van der Waals surface area contributed by atoms with Gasteiger partial charge in [-0.25, -0.2) is 9.78 Å².